The van der Waals surface area contributed by atoms with Crippen LogP contribution < -0.4 is 14.8 Å². The van der Waals surface area contributed by atoms with Gasteiger partial charge in [-0.05, 0) is 55.2 Å². The molecule has 3 rings (SSSR count). The number of rotatable bonds is 8. The van der Waals surface area contributed by atoms with Crippen molar-refractivity contribution in [3.05, 3.63) is 59.7 Å². The fourth-order valence-electron chi connectivity index (χ4n) is 3.35. The lowest BCUT2D eigenvalue weighted by Crippen LogP contribution is -2.41. The molecule has 0 aliphatic carbocycles. The Kier molecular flexibility index (Phi) is 6.11. The van der Waals surface area contributed by atoms with E-state index < -0.39 is 11.6 Å². The van der Waals surface area contributed by atoms with Crippen molar-refractivity contribution in [2.45, 2.75) is 39.2 Å². The van der Waals surface area contributed by atoms with Crippen molar-refractivity contribution in [3.8, 4) is 11.5 Å². The molecule has 1 aliphatic heterocycles. The van der Waals surface area contributed by atoms with E-state index in [0.29, 0.717) is 18.3 Å². The largest absolute Gasteiger partial charge is 0.494 e. The summed E-state index contributed by atoms with van der Waals surface area (Å²) in [4.78, 5) is 26.6. The molecule has 1 aliphatic rings. The van der Waals surface area contributed by atoms with Crippen LogP contribution in [0.15, 0.2) is 48.5 Å². The number of hydrogen-bond acceptors (Lipinski definition) is 4. The Hall–Kier alpha value is -3.02. The first kappa shape index (κ1) is 20.7. The smallest absolute Gasteiger partial charge is 0.325 e. The molecule has 0 radical (unpaired) electrons. The number of nitrogens with one attached hydrogen (secondary N) is 1. The maximum absolute atomic E-state index is 13.0. The molecule has 1 N–H and O–H groups in total. The second-order valence-electron chi connectivity index (χ2n) is 7.54. The fraction of sp³-hybridized carbons (Fsp3) is 0.391. The van der Waals surface area contributed by atoms with Crippen molar-refractivity contribution in [1.82, 2.24) is 10.2 Å². The van der Waals surface area contributed by atoms with E-state index in [1.54, 1.807) is 19.1 Å². The highest BCUT2D eigenvalue weighted by molar-refractivity contribution is 6.07. The Labute approximate surface area is 171 Å². The number of hydrogen-bond donors (Lipinski definition) is 1. The lowest BCUT2D eigenvalue weighted by Gasteiger charge is -2.23. The van der Waals surface area contributed by atoms with Gasteiger partial charge in [0, 0.05) is 0 Å². The van der Waals surface area contributed by atoms with Gasteiger partial charge in [0.15, 0.2) is 0 Å². The number of carbonyl (C=O) groups is 2. The number of nitrogens with zero attached hydrogens (tertiary/aromatic N) is 1. The first-order valence-electron chi connectivity index (χ1n) is 9.95. The van der Waals surface area contributed by atoms with E-state index in [1.165, 1.54) is 10.5 Å². The first-order valence-corrected chi connectivity index (χ1v) is 9.95. The summed E-state index contributed by atoms with van der Waals surface area (Å²) in [6.45, 7) is 8.90. The lowest BCUT2D eigenvalue weighted by atomic mass is 9.90. The predicted molar refractivity (Wildman–Crippen MR) is 111 cm³/mol. The van der Waals surface area contributed by atoms with Gasteiger partial charge >= 0.3 is 6.03 Å². The average molecular weight is 396 g/mol. The molecule has 154 valence electrons. The summed E-state index contributed by atoms with van der Waals surface area (Å²) in [5, 5.41) is 2.83. The zero-order chi connectivity index (χ0) is 21.0. The monoisotopic (exact) mass is 396 g/mol. The second-order valence-corrected chi connectivity index (χ2v) is 7.54. The van der Waals surface area contributed by atoms with E-state index in [1.807, 2.05) is 43.3 Å². The summed E-state index contributed by atoms with van der Waals surface area (Å²) < 4.78 is 11.1. The summed E-state index contributed by atoms with van der Waals surface area (Å²) >= 11 is 0. The Morgan fingerprint density at radius 2 is 1.55 bits per heavy atom. The Morgan fingerprint density at radius 1 is 0.966 bits per heavy atom. The van der Waals surface area contributed by atoms with Crippen LogP contribution in [0.2, 0.25) is 0 Å². The van der Waals surface area contributed by atoms with Crippen LogP contribution in [0.5, 0.6) is 11.5 Å². The number of amides is 3. The molecule has 0 saturated carbocycles. The number of carbonyl (C=O) groups excluding carboxylic acids is 2. The summed E-state index contributed by atoms with van der Waals surface area (Å²) in [6, 6.07) is 14.7. The van der Waals surface area contributed by atoms with E-state index >= 15 is 0 Å². The van der Waals surface area contributed by atoms with Gasteiger partial charge in [0.1, 0.15) is 23.6 Å². The van der Waals surface area contributed by atoms with Crippen molar-refractivity contribution in [2.24, 2.45) is 0 Å². The standard InChI is InChI=1S/C23H28N2O4/c1-5-28-19-10-12-20(13-11-19)29-15-14-25-21(26)23(4,24-22(25)27)18-8-6-17(7-9-18)16(2)3/h6-13,16H,5,14-15H2,1-4H3,(H,24,27)/t23-/m1/s1. The van der Waals surface area contributed by atoms with Crippen LogP contribution in [-0.4, -0.2) is 36.6 Å². The first-order chi connectivity index (χ1) is 13.8. The molecule has 1 atom stereocenters. The Balaban J connectivity index is 1.62. The summed E-state index contributed by atoms with van der Waals surface area (Å²) in [5.41, 5.74) is 0.899. The molecule has 6 nitrogen and oxygen atoms in total. The number of benzene rings is 2. The highest BCUT2D eigenvalue weighted by Crippen LogP contribution is 2.30. The summed E-state index contributed by atoms with van der Waals surface area (Å²) in [7, 11) is 0. The molecule has 1 heterocycles. The van der Waals surface area contributed by atoms with E-state index in [4.69, 9.17) is 9.47 Å². The van der Waals surface area contributed by atoms with Gasteiger partial charge in [-0.25, -0.2) is 4.79 Å². The van der Waals surface area contributed by atoms with Gasteiger partial charge in [-0.3, -0.25) is 9.69 Å². The molecule has 29 heavy (non-hydrogen) atoms. The van der Waals surface area contributed by atoms with E-state index in [-0.39, 0.29) is 19.1 Å². The molecule has 2 aromatic carbocycles. The molecule has 3 amide bonds. The van der Waals surface area contributed by atoms with Crippen LogP contribution in [0.25, 0.3) is 0 Å². The molecule has 0 bridgehead atoms. The molecule has 0 unspecified atom stereocenters. The van der Waals surface area contributed by atoms with Gasteiger partial charge in [0.05, 0.1) is 13.2 Å². The molecule has 0 aromatic heterocycles. The third-order valence-corrected chi connectivity index (χ3v) is 5.15. The van der Waals surface area contributed by atoms with Crippen LogP contribution in [-0.2, 0) is 10.3 Å². The molecular formula is C23H28N2O4. The molecule has 2 aromatic rings. The van der Waals surface area contributed by atoms with Crippen molar-refractivity contribution >= 4 is 11.9 Å². The maximum atomic E-state index is 13.0. The highest BCUT2D eigenvalue weighted by atomic mass is 16.5. The van der Waals surface area contributed by atoms with E-state index in [9.17, 15) is 9.59 Å². The zero-order valence-electron chi connectivity index (χ0n) is 17.4. The SMILES string of the molecule is CCOc1ccc(OCCN2C(=O)N[C@](C)(c3ccc(C(C)C)cc3)C2=O)cc1. The number of imide groups is 1. The fourth-order valence-corrected chi connectivity index (χ4v) is 3.35. The van der Waals surface area contributed by atoms with Gasteiger partial charge in [-0.1, -0.05) is 38.1 Å². The van der Waals surface area contributed by atoms with Gasteiger partial charge in [-0.15, -0.1) is 0 Å². The minimum absolute atomic E-state index is 0.178. The van der Waals surface area contributed by atoms with Crippen molar-refractivity contribution in [3.63, 3.8) is 0 Å². The normalized spacial score (nSPS) is 18.9. The van der Waals surface area contributed by atoms with Gasteiger partial charge in [0.25, 0.3) is 5.91 Å². The topological polar surface area (TPSA) is 67.9 Å². The summed E-state index contributed by atoms with van der Waals surface area (Å²) in [6.07, 6.45) is 0. The van der Waals surface area contributed by atoms with Gasteiger partial charge < -0.3 is 14.8 Å². The van der Waals surface area contributed by atoms with Gasteiger partial charge in [0.2, 0.25) is 0 Å². The quantitative estimate of drug-likeness (QED) is 0.684. The maximum Gasteiger partial charge on any atom is 0.325 e. The second kappa shape index (κ2) is 8.55. The van der Waals surface area contributed by atoms with Crippen molar-refractivity contribution in [1.29, 1.82) is 0 Å². The van der Waals surface area contributed by atoms with Crippen molar-refractivity contribution in [2.75, 3.05) is 19.8 Å². The summed E-state index contributed by atoms with van der Waals surface area (Å²) in [5.74, 6) is 1.57. The van der Waals surface area contributed by atoms with Gasteiger partial charge in [-0.2, -0.15) is 0 Å². The molecule has 6 heteroatoms. The van der Waals surface area contributed by atoms with Crippen LogP contribution >= 0.6 is 0 Å². The zero-order valence-corrected chi connectivity index (χ0v) is 17.4. The third kappa shape index (κ3) is 4.36. The highest BCUT2D eigenvalue weighted by Gasteiger charge is 2.48. The van der Waals surface area contributed by atoms with Crippen molar-refractivity contribution < 1.29 is 19.1 Å². The molecule has 1 fully saturated rings. The Bertz CT molecular complexity index is 861. The van der Waals surface area contributed by atoms with Crippen LogP contribution in [0.1, 0.15) is 44.7 Å². The van der Waals surface area contributed by atoms with Crippen LogP contribution in [0, 0.1) is 0 Å². The lowest BCUT2D eigenvalue weighted by molar-refractivity contribution is -0.131. The minimum atomic E-state index is -1.06. The average Bonchev–Trinajstić information content (AvgIpc) is 2.93. The Morgan fingerprint density at radius 3 is 2.10 bits per heavy atom. The molecule has 0 spiro atoms. The predicted octanol–water partition coefficient (Wildman–Crippen LogP) is 4.05. The number of urea groups is 1. The molecular weight excluding hydrogens is 368 g/mol. The van der Waals surface area contributed by atoms with E-state index in [0.717, 1.165) is 11.3 Å². The van der Waals surface area contributed by atoms with E-state index in [2.05, 4.69) is 19.2 Å². The number of ether oxygens (including phenoxy) is 2. The third-order valence-electron chi connectivity index (χ3n) is 5.15. The van der Waals surface area contributed by atoms with Crippen LogP contribution in [0.3, 0.4) is 0 Å². The van der Waals surface area contributed by atoms with Crippen LogP contribution in [0.4, 0.5) is 4.79 Å². The minimum Gasteiger partial charge on any atom is -0.494 e. The molecule has 1 saturated heterocycles.